The first kappa shape index (κ1) is 21.6. The van der Waals surface area contributed by atoms with Crippen LogP contribution in [0.5, 0.6) is 5.75 Å². The van der Waals surface area contributed by atoms with E-state index in [1.807, 2.05) is 0 Å². The van der Waals surface area contributed by atoms with Gasteiger partial charge in [0, 0.05) is 25.2 Å². The van der Waals surface area contributed by atoms with Gasteiger partial charge in [0.15, 0.2) is 0 Å². The van der Waals surface area contributed by atoms with Crippen LogP contribution in [0.25, 0.3) is 17.4 Å². The van der Waals surface area contributed by atoms with Crippen LogP contribution in [-0.4, -0.2) is 58.5 Å². The largest absolute Gasteiger partial charge is 0.496 e. The van der Waals surface area contributed by atoms with Crippen molar-refractivity contribution in [2.45, 2.75) is 12.8 Å². The molecule has 0 radical (unpaired) electrons. The molecule has 4 rings (SSSR count). The molecule has 0 N–H and O–H groups in total. The summed E-state index contributed by atoms with van der Waals surface area (Å²) >= 11 is 0.747. The highest BCUT2D eigenvalue weighted by Crippen LogP contribution is 2.36. The summed E-state index contributed by atoms with van der Waals surface area (Å²) in [7, 11) is 1.39. The quantitative estimate of drug-likeness (QED) is 0.367. The maximum atomic E-state index is 12.7. The zero-order valence-electron chi connectivity index (χ0n) is 17.1. The predicted octanol–water partition coefficient (Wildman–Crippen LogP) is 3.52. The van der Waals surface area contributed by atoms with Crippen LogP contribution >= 0.6 is 11.8 Å². The van der Waals surface area contributed by atoms with Crippen molar-refractivity contribution >= 4 is 40.6 Å². The summed E-state index contributed by atoms with van der Waals surface area (Å²) in [5, 5.41) is 10.5. The number of imide groups is 1. The number of carbonyl (C=O) groups excluding carboxylic acids is 3. The number of methoxy groups -OCH3 is 1. The van der Waals surface area contributed by atoms with E-state index >= 15 is 0 Å². The number of rotatable bonds is 6. The van der Waals surface area contributed by atoms with Crippen molar-refractivity contribution in [2.24, 2.45) is 0 Å². The van der Waals surface area contributed by atoms with Gasteiger partial charge >= 0.3 is 0 Å². The lowest BCUT2D eigenvalue weighted by molar-refractivity contribution is -0.384. The van der Waals surface area contributed by atoms with Crippen molar-refractivity contribution < 1.29 is 28.5 Å². The molecule has 1 aromatic heterocycles. The molecule has 2 saturated heterocycles. The van der Waals surface area contributed by atoms with Crippen molar-refractivity contribution in [3.63, 3.8) is 0 Å². The van der Waals surface area contributed by atoms with Crippen LogP contribution in [0.2, 0.25) is 0 Å². The maximum Gasteiger partial charge on any atom is 0.294 e. The second-order valence-electron chi connectivity index (χ2n) is 7.20. The Labute approximate surface area is 186 Å². The second-order valence-corrected chi connectivity index (χ2v) is 8.19. The second kappa shape index (κ2) is 8.87. The number of nitro benzene ring substituents is 1. The molecule has 0 atom stereocenters. The SMILES string of the molecule is COc1cc([N+](=O)[O-])ccc1-c1ccc(/C=C2\SC(=O)N(CC(=O)N3CCCC3)C2=O)o1. The van der Waals surface area contributed by atoms with E-state index in [1.54, 1.807) is 17.0 Å². The third kappa shape index (κ3) is 4.24. The van der Waals surface area contributed by atoms with Crippen LogP contribution in [0.15, 0.2) is 39.7 Å². The molecule has 3 heterocycles. The summed E-state index contributed by atoms with van der Waals surface area (Å²) in [5.74, 6) is 0.180. The molecule has 0 aliphatic carbocycles. The highest BCUT2D eigenvalue weighted by molar-refractivity contribution is 8.18. The topological polar surface area (TPSA) is 123 Å². The normalized spacial score (nSPS) is 17.5. The average molecular weight is 457 g/mol. The number of benzene rings is 1. The number of ether oxygens (including phenoxy) is 1. The number of hydrogen-bond donors (Lipinski definition) is 0. The Hall–Kier alpha value is -3.60. The van der Waals surface area contributed by atoms with E-state index in [-0.39, 0.29) is 28.8 Å². The number of amides is 3. The van der Waals surface area contributed by atoms with Crippen LogP contribution in [0.1, 0.15) is 18.6 Å². The molecular weight excluding hydrogens is 438 g/mol. The molecule has 0 unspecified atom stereocenters. The van der Waals surface area contributed by atoms with E-state index in [0.717, 1.165) is 29.5 Å². The van der Waals surface area contributed by atoms with E-state index in [0.29, 0.717) is 30.2 Å². The van der Waals surface area contributed by atoms with Gasteiger partial charge in [-0.3, -0.25) is 29.4 Å². The molecule has 11 heteroatoms. The fourth-order valence-corrected chi connectivity index (χ4v) is 4.36. The summed E-state index contributed by atoms with van der Waals surface area (Å²) < 4.78 is 11.0. The molecule has 2 aliphatic rings. The first-order valence-corrected chi connectivity index (χ1v) is 10.6. The standard InChI is InChI=1S/C21H19N3O7S/c1-30-17-10-13(24(28)29)4-6-15(17)16-7-5-14(31-16)11-18-20(26)23(21(27)32-18)12-19(25)22-8-2-3-9-22/h4-7,10-11H,2-3,8-9,12H2,1H3/b18-11-. The van der Waals surface area contributed by atoms with Crippen LogP contribution in [0.4, 0.5) is 10.5 Å². The van der Waals surface area contributed by atoms with Crippen LogP contribution in [-0.2, 0) is 9.59 Å². The Morgan fingerprint density at radius 3 is 2.69 bits per heavy atom. The average Bonchev–Trinajstić information content (AvgIpc) is 3.52. The number of furan rings is 1. The summed E-state index contributed by atoms with van der Waals surface area (Å²) in [6.07, 6.45) is 3.29. The lowest BCUT2D eigenvalue weighted by Crippen LogP contribution is -2.40. The van der Waals surface area contributed by atoms with Gasteiger partial charge in [-0.15, -0.1) is 0 Å². The van der Waals surface area contributed by atoms with Gasteiger partial charge in [-0.1, -0.05) is 0 Å². The third-order valence-electron chi connectivity index (χ3n) is 5.19. The van der Waals surface area contributed by atoms with Gasteiger partial charge in [-0.05, 0) is 42.8 Å². The Morgan fingerprint density at radius 1 is 1.25 bits per heavy atom. The molecule has 2 aromatic rings. The zero-order chi connectivity index (χ0) is 22.8. The highest BCUT2D eigenvalue weighted by Gasteiger charge is 2.37. The van der Waals surface area contributed by atoms with Gasteiger partial charge in [0.2, 0.25) is 5.91 Å². The summed E-state index contributed by atoms with van der Waals surface area (Å²) in [6.45, 7) is 1.02. The van der Waals surface area contributed by atoms with E-state index in [9.17, 15) is 24.5 Å². The Bertz CT molecular complexity index is 1130. The number of likely N-dealkylation sites (tertiary alicyclic amines) is 1. The Balaban J connectivity index is 1.52. The van der Waals surface area contributed by atoms with Gasteiger partial charge in [-0.2, -0.15) is 0 Å². The van der Waals surface area contributed by atoms with Crippen molar-refractivity contribution in [3.8, 4) is 17.1 Å². The van der Waals surface area contributed by atoms with Gasteiger partial charge in [0.25, 0.3) is 16.8 Å². The maximum absolute atomic E-state index is 12.7. The van der Waals surface area contributed by atoms with Crippen LogP contribution in [0.3, 0.4) is 0 Å². The monoisotopic (exact) mass is 457 g/mol. The fraction of sp³-hybridized carbons (Fsp3) is 0.286. The molecular formula is C21H19N3O7S. The molecule has 0 bridgehead atoms. The first-order chi connectivity index (χ1) is 15.4. The Morgan fingerprint density at radius 2 is 2.00 bits per heavy atom. The van der Waals surface area contributed by atoms with Crippen molar-refractivity contribution in [1.29, 1.82) is 0 Å². The Kier molecular flexibility index (Phi) is 5.99. The number of nitro groups is 1. The molecule has 10 nitrogen and oxygen atoms in total. The molecule has 2 aliphatic heterocycles. The van der Waals surface area contributed by atoms with Gasteiger partial charge in [-0.25, -0.2) is 0 Å². The number of hydrogen-bond acceptors (Lipinski definition) is 8. The predicted molar refractivity (Wildman–Crippen MR) is 116 cm³/mol. The minimum absolute atomic E-state index is 0.116. The third-order valence-corrected chi connectivity index (χ3v) is 6.09. The molecule has 32 heavy (non-hydrogen) atoms. The van der Waals surface area contributed by atoms with Crippen LogP contribution in [0, 0.1) is 10.1 Å². The molecule has 3 amide bonds. The van der Waals surface area contributed by atoms with E-state index in [4.69, 9.17) is 9.15 Å². The molecule has 166 valence electrons. The minimum Gasteiger partial charge on any atom is -0.496 e. The smallest absolute Gasteiger partial charge is 0.294 e. The lowest BCUT2D eigenvalue weighted by Gasteiger charge is -2.18. The summed E-state index contributed by atoms with van der Waals surface area (Å²) in [5.41, 5.74) is 0.386. The van der Waals surface area contributed by atoms with Crippen molar-refractivity contribution in [3.05, 3.63) is 51.1 Å². The van der Waals surface area contributed by atoms with Crippen LogP contribution < -0.4 is 4.74 Å². The summed E-state index contributed by atoms with van der Waals surface area (Å²) in [4.78, 5) is 50.5. The number of thioether (sulfide) groups is 1. The zero-order valence-corrected chi connectivity index (χ0v) is 17.9. The van der Waals surface area contributed by atoms with Crippen molar-refractivity contribution in [1.82, 2.24) is 9.80 Å². The van der Waals surface area contributed by atoms with E-state index < -0.39 is 16.1 Å². The highest BCUT2D eigenvalue weighted by atomic mass is 32.2. The molecule has 0 saturated carbocycles. The van der Waals surface area contributed by atoms with Gasteiger partial charge < -0.3 is 14.1 Å². The fourth-order valence-electron chi connectivity index (χ4n) is 3.54. The first-order valence-electron chi connectivity index (χ1n) is 9.83. The van der Waals surface area contributed by atoms with E-state index in [1.165, 1.54) is 31.4 Å². The molecule has 0 spiro atoms. The minimum atomic E-state index is -0.543. The number of non-ortho nitro benzene ring substituents is 1. The lowest BCUT2D eigenvalue weighted by atomic mass is 10.1. The molecule has 2 fully saturated rings. The van der Waals surface area contributed by atoms with Crippen molar-refractivity contribution in [2.75, 3.05) is 26.7 Å². The number of carbonyl (C=O) groups is 3. The van der Waals surface area contributed by atoms with Gasteiger partial charge in [0.1, 0.15) is 23.8 Å². The van der Waals surface area contributed by atoms with Gasteiger partial charge in [0.05, 0.1) is 28.6 Å². The summed E-state index contributed by atoms with van der Waals surface area (Å²) in [6, 6.07) is 7.39. The van der Waals surface area contributed by atoms with E-state index in [2.05, 4.69) is 0 Å². The molecule has 1 aromatic carbocycles. The number of nitrogens with zero attached hydrogens (tertiary/aromatic N) is 3.